The number of oxime groups is 1. The van der Waals surface area contributed by atoms with Crippen LogP contribution in [-0.4, -0.2) is 24.6 Å². The van der Waals surface area contributed by atoms with Gasteiger partial charge in [-0.15, -0.1) is 12.4 Å². The van der Waals surface area contributed by atoms with Crippen molar-refractivity contribution in [3.63, 3.8) is 0 Å². The molecule has 0 heterocycles. The first-order valence-electron chi connectivity index (χ1n) is 10.8. The van der Waals surface area contributed by atoms with Gasteiger partial charge in [0, 0.05) is 18.4 Å². The van der Waals surface area contributed by atoms with E-state index in [-0.39, 0.29) is 17.8 Å². The first kappa shape index (κ1) is 21.1. The molecule has 27 heavy (non-hydrogen) atoms. The maximum absolute atomic E-state index is 12.6. The highest BCUT2D eigenvalue weighted by molar-refractivity contribution is 5.87. The van der Waals surface area contributed by atoms with Gasteiger partial charge >= 0.3 is 0 Å². The van der Waals surface area contributed by atoms with Crippen molar-refractivity contribution in [2.24, 2.45) is 51.3 Å². The van der Waals surface area contributed by atoms with Crippen LogP contribution in [0.15, 0.2) is 5.16 Å². The molecule has 0 spiro atoms. The average molecular weight is 397 g/mol. The van der Waals surface area contributed by atoms with Crippen molar-refractivity contribution in [2.45, 2.75) is 72.1 Å². The highest BCUT2D eigenvalue weighted by Gasteiger charge is 2.61. The summed E-state index contributed by atoms with van der Waals surface area (Å²) in [6.45, 7) is 8.33. The van der Waals surface area contributed by atoms with Gasteiger partial charge < -0.3 is 10.6 Å². The molecule has 0 saturated heterocycles. The molecule has 0 aliphatic heterocycles. The molecule has 2 N–H and O–H groups in total. The van der Waals surface area contributed by atoms with E-state index >= 15 is 0 Å². The van der Waals surface area contributed by atoms with Crippen LogP contribution in [0.4, 0.5) is 0 Å². The fourth-order valence-electron chi connectivity index (χ4n) is 7.57. The molecule has 5 heteroatoms. The summed E-state index contributed by atoms with van der Waals surface area (Å²) < 4.78 is 0. The standard InChI is InChI=1S/C22H36N2O2.ClH/c1-14-12-16-17-4-5-20(25)22(17,3)9-7-18(16)21(2)8-6-15(13-19(14)21)24-26-11-10-23;/h14,16-19H,4-13,23H2,1-3H3;1H/b24-15-;/t14-,16+,17+,18+,19?,21-,22+;/m1./s1. The minimum atomic E-state index is -0.0125. The van der Waals surface area contributed by atoms with Gasteiger partial charge in [-0.2, -0.15) is 0 Å². The Labute approximate surface area is 170 Å². The summed E-state index contributed by atoms with van der Waals surface area (Å²) in [5.41, 5.74) is 7.14. The molecule has 4 fully saturated rings. The number of rotatable bonds is 3. The molecule has 0 radical (unpaired) electrons. The van der Waals surface area contributed by atoms with Gasteiger partial charge in [-0.1, -0.05) is 25.9 Å². The third kappa shape index (κ3) is 3.25. The zero-order valence-corrected chi connectivity index (χ0v) is 18.0. The van der Waals surface area contributed by atoms with Crippen LogP contribution < -0.4 is 5.73 Å². The minimum absolute atomic E-state index is 0. The van der Waals surface area contributed by atoms with E-state index in [0.29, 0.717) is 42.1 Å². The SMILES string of the molecule is C[C@@H]1C[C@@H]2[C@H](CC[C@]3(C)C(=O)CC[C@@H]23)[C@@]2(C)CC/C(=N/OCCN)CC12.Cl. The molecule has 4 nitrogen and oxygen atoms in total. The number of hydrogen-bond acceptors (Lipinski definition) is 4. The lowest BCUT2D eigenvalue weighted by Crippen LogP contribution is -2.56. The van der Waals surface area contributed by atoms with Gasteiger partial charge in [-0.05, 0) is 80.0 Å². The molecule has 0 aromatic carbocycles. The predicted octanol–water partition coefficient (Wildman–Crippen LogP) is 4.60. The molecule has 4 aliphatic rings. The normalized spacial score (nSPS) is 47.6. The number of halogens is 1. The second-order valence-electron chi connectivity index (χ2n) is 10.1. The van der Waals surface area contributed by atoms with E-state index in [1.54, 1.807) is 0 Å². The maximum atomic E-state index is 12.6. The Hall–Kier alpha value is -0.610. The number of fused-ring (bicyclic) bond motifs is 5. The molecule has 0 aromatic heterocycles. The van der Waals surface area contributed by atoms with Crippen LogP contribution in [0.2, 0.25) is 0 Å². The van der Waals surface area contributed by atoms with E-state index < -0.39 is 0 Å². The average Bonchev–Trinajstić information content (AvgIpc) is 2.92. The summed E-state index contributed by atoms with van der Waals surface area (Å²) in [5, 5.41) is 4.40. The molecule has 4 saturated carbocycles. The number of carbonyl (C=O) groups is 1. The summed E-state index contributed by atoms with van der Waals surface area (Å²) >= 11 is 0. The van der Waals surface area contributed by atoms with Gasteiger partial charge in [0.25, 0.3) is 0 Å². The summed E-state index contributed by atoms with van der Waals surface area (Å²) in [5.74, 6) is 4.15. The Morgan fingerprint density at radius 1 is 1.15 bits per heavy atom. The Morgan fingerprint density at radius 2 is 1.93 bits per heavy atom. The van der Waals surface area contributed by atoms with Crippen LogP contribution >= 0.6 is 12.4 Å². The molecular formula is C22H37ClN2O2. The number of nitrogens with two attached hydrogens (primary N) is 1. The Bertz CT molecular complexity index is 609. The lowest BCUT2D eigenvalue weighted by molar-refractivity contribution is -0.141. The van der Waals surface area contributed by atoms with Crippen LogP contribution in [0.3, 0.4) is 0 Å². The largest absolute Gasteiger partial charge is 0.395 e. The fraction of sp³-hybridized carbons (Fsp3) is 0.909. The molecule has 1 unspecified atom stereocenters. The molecule has 7 atom stereocenters. The summed E-state index contributed by atoms with van der Waals surface area (Å²) in [7, 11) is 0. The molecule has 4 rings (SSSR count). The van der Waals surface area contributed by atoms with Gasteiger partial charge in [-0.25, -0.2) is 0 Å². The highest BCUT2D eigenvalue weighted by Crippen LogP contribution is 2.66. The number of ketones is 1. The van der Waals surface area contributed by atoms with E-state index in [2.05, 4.69) is 25.9 Å². The zero-order valence-electron chi connectivity index (χ0n) is 17.2. The van der Waals surface area contributed by atoms with E-state index in [1.165, 1.54) is 25.0 Å². The summed E-state index contributed by atoms with van der Waals surface area (Å²) in [6, 6.07) is 0. The quantitative estimate of drug-likeness (QED) is 0.560. The van der Waals surface area contributed by atoms with Crippen molar-refractivity contribution >= 4 is 23.9 Å². The molecule has 0 bridgehead atoms. The molecular weight excluding hydrogens is 360 g/mol. The molecule has 154 valence electrons. The zero-order chi connectivity index (χ0) is 18.5. The number of nitrogens with zero attached hydrogens (tertiary/aromatic N) is 1. The smallest absolute Gasteiger partial charge is 0.139 e. The number of hydrogen-bond donors (Lipinski definition) is 1. The third-order valence-corrected chi connectivity index (χ3v) is 8.98. The van der Waals surface area contributed by atoms with Crippen molar-refractivity contribution in [2.75, 3.05) is 13.2 Å². The van der Waals surface area contributed by atoms with Crippen molar-refractivity contribution in [3.8, 4) is 0 Å². The summed E-state index contributed by atoms with van der Waals surface area (Å²) in [4.78, 5) is 18.0. The van der Waals surface area contributed by atoms with Crippen molar-refractivity contribution in [1.82, 2.24) is 0 Å². The predicted molar refractivity (Wildman–Crippen MR) is 111 cm³/mol. The first-order valence-corrected chi connectivity index (χ1v) is 10.8. The van der Waals surface area contributed by atoms with Crippen molar-refractivity contribution in [1.29, 1.82) is 0 Å². The Morgan fingerprint density at radius 3 is 2.67 bits per heavy atom. The molecule has 0 amide bonds. The van der Waals surface area contributed by atoms with Crippen LogP contribution in [0, 0.1) is 40.4 Å². The van der Waals surface area contributed by atoms with Crippen LogP contribution in [-0.2, 0) is 9.63 Å². The van der Waals surface area contributed by atoms with Crippen molar-refractivity contribution in [3.05, 3.63) is 0 Å². The monoisotopic (exact) mass is 396 g/mol. The van der Waals surface area contributed by atoms with Gasteiger partial charge in [0.15, 0.2) is 0 Å². The van der Waals surface area contributed by atoms with E-state index in [1.807, 2.05) is 0 Å². The lowest BCUT2D eigenvalue weighted by atomic mass is 9.43. The van der Waals surface area contributed by atoms with E-state index in [4.69, 9.17) is 10.6 Å². The third-order valence-electron chi connectivity index (χ3n) is 8.98. The topological polar surface area (TPSA) is 64.7 Å². The van der Waals surface area contributed by atoms with Crippen LogP contribution in [0.5, 0.6) is 0 Å². The lowest BCUT2D eigenvalue weighted by Gasteiger charge is -2.61. The Kier molecular flexibility index (Phi) is 5.99. The second kappa shape index (κ2) is 7.67. The fourth-order valence-corrected chi connectivity index (χ4v) is 7.57. The van der Waals surface area contributed by atoms with Gasteiger partial charge in [0.2, 0.25) is 0 Å². The summed E-state index contributed by atoms with van der Waals surface area (Å²) in [6.07, 6.45) is 9.02. The minimum Gasteiger partial charge on any atom is -0.395 e. The maximum Gasteiger partial charge on any atom is 0.139 e. The van der Waals surface area contributed by atoms with Crippen LogP contribution in [0.25, 0.3) is 0 Å². The first-order chi connectivity index (χ1) is 12.4. The molecule has 0 aromatic rings. The number of carbonyl (C=O) groups excluding carboxylic acids is 1. The van der Waals surface area contributed by atoms with Crippen LogP contribution in [0.1, 0.15) is 72.1 Å². The molecule has 4 aliphatic carbocycles. The van der Waals surface area contributed by atoms with E-state index in [9.17, 15) is 4.79 Å². The van der Waals surface area contributed by atoms with Gasteiger partial charge in [-0.3, -0.25) is 4.79 Å². The van der Waals surface area contributed by atoms with Crippen molar-refractivity contribution < 1.29 is 9.63 Å². The second-order valence-corrected chi connectivity index (χ2v) is 10.1. The van der Waals surface area contributed by atoms with Gasteiger partial charge in [0.05, 0.1) is 5.71 Å². The Balaban J connectivity index is 0.00000210. The number of Topliss-reactive ketones (excluding diaryl/α,β-unsaturated/α-hetero) is 1. The highest BCUT2D eigenvalue weighted by atomic mass is 35.5. The van der Waals surface area contributed by atoms with Gasteiger partial charge in [0.1, 0.15) is 12.4 Å². The van der Waals surface area contributed by atoms with E-state index in [0.717, 1.165) is 43.9 Å².